The lowest BCUT2D eigenvalue weighted by atomic mass is 10.4. The Morgan fingerprint density at radius 2 is 2.33 bits per heavy atom. The third-order valence-electron chi connectivity index (χ3n) is 0.942. The first-order chi connectivity index (χ1) is 4.34. The number of aldehydes is 1. The largest absolute Gasteiger partial charge is 0.454 e. The smallest absolute Gasteiger partial charge is 0.231 e. The van der Waals surface area contributed by atoms with Gasteiger partial charge in [-0.05, 0) is 0 Å². The monoisotopic (exact) mass is 126 g/mol. The fourth-order valence-corrected chi connectivity index (χ4v) is 0.519. The van der Waals surface area contributed by atoms with Crippen LogP contribution in [0.2, 0.25) is 0 Å². The summed E-state index contributed by atoms with van der Waals surface area (Å²) in [5.74, 6) is 0.840. The molecule has 0 aromatic carbocycles. The van der Waals surface area contributed by atoms with Crippen LogP contribution in [0, 0.1) is 0 Å². The second kappa shape index (κ2) is 2.35. The number of hydrogen-bond donors (Lipinski definition) is 0. The molecule has 0 aromatic heterocycles. The number of rotatable bonds is 1. The van der Waals surface area contributed by atoms with Crippen molar-refractivity contribution in [1.29, 1.82) is 0 Å². The predicted molar refractivity (Wildman–Crippen MR) is 30.3 cm³/mol. The highest BCUT2D eigenvalue weighted by Crippen LogP contribution is 2.17. The Morgan fingerprint density at radius 3 is 2.78 bits per heavy atom. The van der Waals surface area contributed by atoms with Crippen LogP contribution in [-0.2, 0) is 14.3 Å². The highest BCUT2D eigenvalue weighted by Gasteiger charge is 2.11. The number of carbonyl (C=O) groups is 1. The average molecular weight is 126 g/mol. The molecule has 0 saturated carbocycles. The molecule has 1 saturated heterocycles. The summed E-state index contributed by atoms with van der Waals surface area (Å²) in [5.41, 5.74) is 0. The van der Waals surface area contributed by atoms with E-state index < -0.39 is 0 Å². The number of allylic oxidation sites excluding steroid dienone is 1. The van der Waals surface area contributed by atoms with E-state index in [9.17, 15) is 4.79 Å². The average Bonchev–Trinajstić information content (AvgIpc) is 2.18. The highest BCUT2D eigenvalue weighted by molar-refractivity contribution is 5.66. The Kier molecular flexibility index (Phi) is 1.53. The zero-order valence-electron chi connectivity index (χ0n) is 4.79. The third kappa shape index (κ3) is 1.10. The molecule has 1 fully saturated rings. The van der Waals surface area contributed by atoms with Crippen LogP contribution in [0.5, 0.6) is 0 Å². The fourth-order valence-electron chi connectivity index (χ4n) is 0.519. The molecule has 48 valence electrons. The maximum absolute atomic E-state index is 9.85. The van der Waals surface area contributed by atoms with E-state index in [0.29, 0.717) is 17.8 Å². The van der Waals surface area contributed by atoms with Crippen LogP contribution in [0.4, 0.5) is 0 Å². The van der Waals surface area contributed by atoms with Crippen molar-refractivity contribution >= 4 is 6.29 Å². The SMILES string of the molecule is C=C1OCOC1=CC=O. The zero-order chi connectivity index (χ0) is 6.69. The first-order valence-corrected chi connectivity index (χ1v) is 2.45. The predicted octanol–water partition coefficient (Wildman–Crippen LogP) is 0.587. The number of carbonyl (C=O) groups excluding carboxylic acids is 1. The van der Waals surface area contributed by atoms with Gasteiger partial charge in [0, 0.05) is 6.08 Å². The summed E-state index contributed by atoms with van der Waals surface area (Å²) in [6.45, 7) is 3.64. The molecular formula is C6H6O3. The lowest BCUT2D eigenvalue weighted by Gasteiger charge is -1.87. The summed E-state index contributed by atoms with van der Waals surface area (Å²) in [6, 6.07) is 0. The Hall–Kier alpha value is -1.25. The zero-order valence-corrected chi connectivity index (χ0v) is 4.79. The van der Waals surface area contributed by atoms with Crippen molar-refractivity contribution in [2.24, 2.45) is 0 Å². The molecule has 3 nitrogen and oxygen atoms in total. The lowest BCUT2D eigenvalue weighted by molar-refractivity contribution is -0.104. The van der Waals surface area contributed by atoms with Crippen LogP contribution in [0.3, 0.4) is 0 Å². The molecule has 1 aliphatic heterocycles. The van der Waals surface area contributed by atoms with E-state index in [-0.39, 0.29) is 6.79 Å². The second-order valence-electron chi connectivity index (χ2n) is 1.50. The quantitative estimate of drug-likeness (QED) is 0.381. The third-order valence-corrected chi connectivity index (χ3v) is 0.942. The molecule has 0 amide bonds. The van der Waals surface area contributed by atoms with E-state index in [1.807, 2.05) is 0 Å². The van der Waals surface area contributed by atoms with Gasteiger partial charge >= 0.3 is 0 Å². The van der Waals surface area contributed by atoms with E-state index in [4.69, 9.17) is 9.47 Å². The summed E-state index contributed by atoms with van der Waals surface area (Å²) < 4.78 is 9.59. The van der Waals surface area contributed by atoms with Crippen molar-refractivity contribution in [1.82, 2.24) is 0 Å². The first-order valence-electron chi connectivity index (χ1n) is 2.45. The number of ether oxygens (including phenoxy) is 2. The van der Waals surface area contributed by atoms with Gasteiger partial charge in [-0.25, -0.2) is 0 Å². The molecule has 3 heteroatoms. The molecule has 1 heterocycles. The summed E-state index contributed by atoms with van der Waals surface area (Å²) in [6.07, 6.45) is 1.91. The Balaban J connectivity index is 2.69. The van der Waals surface area contributed by atoms with Gasteiger partial charge in [0.05, 0.1) is 0 Å². The first kappa shape index (κ1) is 5.88. The Morgan fingerprint density at radius 1 is 1.56 bits per heavy atom. The highest BCUT2D eigenvalue weighted by atomic mass is 16.7. The van der Waals surface area contributed by atoms with Crippen molar-refractivity contribution in [3.63, 3.8) is 0 Å². The molecule has 0 radical (unpaired) electrons. The van der Waals surface area contributed by atoms with Crippen molar-refractivity contribution in [2.45, 2.75) is 0 Å². The molecule has 1 aliphatic rings. The molecular weight excluding hydrogens is 120 g/mol. The summed E-state index contributed by atoms with van der Waals surface area (Å²) in [4.78, 5) is 9.85. The Labute approximate surface area is 52.6 Å². The van der Waals surface area contributed by atoms with Gasteiger partial charge in [-0.2, -0.15) is 0 Å². The summed E-state index contributed by atoms with van der Waals surface area (Å²) in [7, 11) is 0. The van der Waals surface area contributed by atoms with E-state index in [2.05, 4.69) is 6.58 Å². The molecule has 0 spiro atoms. The van der Waals surface area contributed by atoms with Crippen molar-refractivity contribution < 1.29 is 14.3 Å². The van der Waals surface area contributed by atoms with Gasteiger partial charge in [-0.1, -0.05) is 6.58 Å². The van der Waals surface area contributed by atoms with Gasteiger partial charge in [0.1, 0.15) is 6.29 Å². The summed E-state index contributed by atoms with van der Waals surface area (Å²) in [5, 5.41) is 0. The van der Waals surface area contributed by atoms with E-state index in [1.54, 1.807) is 0 Å². The standard InChI is InChI=1S/C6H6O3/c1-5-6(2-3-7)9-4-8-5/h2-3H,1,4H2. The van der Waals surface area contributed by atoms with Gasteiger partial charge in [-0.3, -0.25) is 4.79 Å². The second-order valence-corrected chi connectivity index (χ2v) is 1.50. The van der Waals surface area contributed by atoms with Gasteiger partial charge in [-0.15, -0.1) is 0 Å². The maximum Gasteiger partial charge on any atom is 0.231 e. The minimum absolute atomic E-state index is 0.165. The number of hydrogen-bond acceptors (Lipinski definition) is 3. The molecule has 0 aromatic rings. The van der Waals surface area contributed by atoms with Gasteiger partial charge in [0.25, 0.3) is 0 Å². The lowest BCUT2D eigenvalue weighted by Crippen LogP contribution is -1.79. The van der Waals surface area contributed by atoms with Crippen molar-refractivity contribution in [2.75, 3.05) is 6.79 Å². The normalized spacial score (nSPS) is 21.3. The van der Waals surface area contributed by atoms with Crippen LogP contribution in [0.1, 0.15) is 0 Å². The van der Waals surface area contributed by atoms with Crippen LogP contribution in [-0.4, -0.2) is 13.1 Å². The maximum atomic E-state index is 9.85. The molecule has 0 unspecified atom stereocenters. The van der Waals surface area contributed by atoms with E-state index in [1.165, 1.54) is 6.08 Å². The van der Waals surface area contributed by atoms with Gasteiger partial charge in [0.15, 0.2) is 11.5 Å². The van der Waals surface area contributed by atoms with Crippen LogP contribution >= 0.6 is 0 Å². The molecule has 0 N–H and O–H groups in total. The molecule has 0 bridgehead atoms. The van der Waals surface area contributed by atoms with Crippen molar-refractivity contribution in [3.05, 3.63) is 24.2 Å². The van der Waals surface area contributed by atoms with Crippen LogP contribution in [0.25, 0.3) is 0 Å². The van der Waals surface area contributed by atoms with Crippen molar-refractivity contribution in [3.8, 4) is 0 Å². The summed E-state index contributed by atoms with van der Waals surface area (Å²) >= 11 is 0. The van der Waals surface area contributed by atoms with Gasteiger partial charge in [0.2, 0.25) is 6.79 Å². The van der Waals surface area contributed by atoms with Crippen LogP contribution < -0.4 is 0 Å². The molecule has 0 aliphatic carbocycles. The minimum Gasteiger partial charge on any atom is -0.454 e. The minimum atomic E-state index is 0.165. The molecule has 0 atom stereocenters. The molecule has 1 rings (SSSR count). The van der Waals surface area contributed by atoms with E-state index in [0.717, 1.165) is 0 Å². The fraction of sp³-hybridized carbons (Fsp3) is 0.167. The Bertz CT molecular complexity index is 169. The van der Waals surface area contributed by atoms with Gasteiger partial charge < -0.3 is 9.47 Å². The molecule has 9 heavy (non-hydrogen) atoms. The van der Waals surface area contributed by atoms with Crippen LogP contribution in [0.15, 0.2) is 24.2 Å². The topological polar surface area (TPSA) is 35.5 Å². The van der Waals surface area contributed by atoms with E-state index >= 15 is 0 Å².